The van der Waals surface area contributed by atoms with Crippen molar-refractivity contribution >= 4 is 0 Å². The number of benzene rings is 2. The Kier molecular flexibility index (Phi) is 7.59. The molecule has 0 heterocycles. The third kappa shape index (κ3) is 5.93. The van der Waals surface area contributed by atoms with E-state index in [0.29, 0.717) is 0 Å². The highest BCUT2D eigenvalue weighted by Crippen LogP contribution is 2.20. The van der Waals surface area contributed by atoms with Crippen molar-refractivity contribution in [1.82, 2.24) is 0 Å². The first-order valence-electron chi connectivity index (χ1n) is 8.56. The summed E-state index contributed by atoms with van der Waals surface area (Å²) in [6.45, 7) is 0. The zero-order valence-electron chi connectivity index (χ0n) is 13.8. The zero-order chi connectivity index (χ0) is 15.5. The van der Waals surface area contributed by atoms with E-state index in [1.165, 1.54) is 56.1 Å². The summed E-state index contributed by atoms with van der Waals surface area (Å²) in [7, 11) is 1.76. The van der Waals surface area contributed by atoms with E-state index >= 15 is 0 Å². The molecular formula is C21H28O. The largest absolute Gasteiger partial charge is 0.496 e. The van der Waals surface area contributed by atoms with Crippen LogP contribution in [0, 0.1) is 0 Å². The molecule has 0 radical (unpaired) electrons. The minimum absolute atomic E-state index is 1.03. The van der Waals surface area contributed by atoms with Crippen molar-refractivity contribution in [3.63, 3.8) is 0 Å². The highest BCUT2D eigenvalue weighted by Gasteiger charge is 2.01. The van der Waals surface area contributed by atoms with Crippen LogP contribution in [0.4, 0.5) is 0 Å². The second-order valence-corrected chi connectivity index (χ2v) is 5.92. The number of aryl methyl sites for hydroxylation is 2. The van der Waals surface area contributed by atoms with Crippen molar-refractivity contribution in [3.05, 3.63) is 65.7 Å². The number of ether oxygens (including phenoxy) is 1. The Morgan fingerprint density at radius 2 is 1.23 bits per heavy atom. The van der Waals surface area contributed by atoms with Gasteiger partial charge >= 0.3 is 0 Å². The standard InChI is InChI=1S/C21H28O/c1-22-21-18-12-11-17-20(21)16-10-5-3-2-4-7-13-19-14-8-6-9-15-19/h6,8-9,11-12,14-15,17-18H,2-5,7,10,13,16H2,1H3. The van der Waals surface area contributed by atoms with E-state index < -0.39 is 0 Å². The highest BCUT2D eigenvalue weighted by molar-refractivity contribution is 5.33. The van der Waals surface area contributed by atoms with Gasteiger partial charge in [0.25, 0.3) is 0 Å². The first kappa shape index (κ1) is 16.6. The molecule has 0 spiro atoms. The van der Waals surface area contributed by atoms with Gasteiger partial charge in [0, 0.05) is 0 Å². The molecule has 0 unspecified atom stereocenters. The van der Waals surface area contributed by atoms with Crippen LogP contribution in [0.25, 0.3) is 0 Å². The SMILES string of the molecule is COc1ccccc1CCCCCCCCc1ccccc1. The molecule has 2 rings (SSSR count). The summed E-state index contributed by atoms with van der Waals surface area (Å²) in [5.41, 5.74) is 2.81. The molecule has 0 saturated carbocycles. The number of rotatable bonds is 10. The smallest absolute Gasteiger partial charge is 0.122 e. The van der Waals surface area contributed by atoms with Gasteiger partial charge in [0.05, 0.1) is 7.11 Å². The molecule has 0 bridgehead atoms. The van der Waals surface area contributed by atoms with Gasteiger partial charge in [0.2, 0.25) is 0 Å². The Hall–Kier alpha value is -1.76. The van der Waals surface area contributed by atoms with Crippen LogP contribution in [0.1, 0.15) is 49.7 Å². The molecule has 0 atom stereocenters. The lowest BCUT2D eigenvalue weighted by atomic mass is 10.0. The van der Waals surface area contributed by atoms with E-state index in [0.717, 1.165) is 12.2 Å². The fourth-order valence-electron chi connectivity index (χ4n) is 2.91. The van der Waals surface area contributed by atoms with Crippen LogP contribution >= 0.6 is 0 Å². The normalized spacial score (nSPS) is 10.6. The molecule has 118 valence electrons. The highest BCUT2D eigenvalue weighted by atomic mass is 16.5. The molecule has 2 aromatic carbocycles. The Labute approximate surface area is 135 Å². The van der Waals surface area contributed by atoms with E-state index in [2.05, 4.69) is 48.5 Å². The number of methoxy groups -OCH3 is 1. The van der Waals surface area contributed by atoms with E-state index in [1.54, 1.807) is 7.11 Å². The van der Waals surface area contributed by atoms with Crippen molar-refractivity contribution < 1.29 is 4.74 Å². The Balaban J connectivity index is 1.51. The molecule has 0 aliphatic heterocycles. The average molecular weight is 296 g/mol. The van der Waals surface area contributed by atoms with Crippen LogP contribution in [0.2, 0.25) is 0 Å². The first-order valence-corrected chi connectivity index (χ1v) is 8.56. The summed E-state index contributed by atoms with van der Waals surface area (Å²) in [4.78, 5) is 0. The molecule has 0 N–H and O–H groups in total. The van der Waals surface area contributed by atoms with Crippen molar-refractivity contribution in [2.24, 2.45) is 0 Å². The third-order valence-electron chi connectivity index (χ3n) is 4.20. The summed E-state index contributed by atoms with van der Waals surface area (Å²) in [6, 6.07) is 19.2. The van der Waals surface area contributed by atoms with Gasteiger partial charge in [-0.05, 0) is 42.9 Å². The average Bonchev–Trinajstić information content (AvgIpc) is 2.58. The molecule has 0 aliphatic rings. The molecule has 22 heavy (non-hydrogen) atoms. The summed E-state index contributed by atoms with van der Waals surface area (Å²) in [5, 5.41) is 0. The van der Waals surface area contributed by atoms with Crippen LogP contribution in [0.3, 0.4) is 0 Å². The second kappa shape index (κ2) is 10.0. The monoisotopic (exact) mass is 296 g/mol. The Morgan fingerprint density at radius 3 is 1.95 bits per heavy atom. The van der Waals surface area contributed by atoms with Crippen LogP contribution in [-0.2, 0) is 12.8 Å². The van der Waals surface area contributed by atoms with Crippen molar-refractivity contribution in [2.75, 3.05) is 7.11 Å². The van der Waals surface area contributed by atoms with Crippen molar-refractivity contribution in [2.45, 2.75) is 51.4 Å². The van der Waals surface area contributed by atoms with E-state index in [9.17, 15) is 0 Å². The zero-order valence-corrected chi connectivity index (χ0v) is 13.8. The maximum absolute atomic E-state index is 5.40. The maximum Gasteiger partial charge on any atom is 0.122 e. The van der Waals surface area contributed by atoms with Crippen LogP contribution in [-0.4, -0.2) is 7.11 Å². The molecule has 0 aliphatic carbocycles. The van der Waals surface area contributed by atoms with Gasteiger partial charge in [-0.1, -0.05) is 74.2 Å². The molecule has 0 aromatic heterocycles. The van der Waals surface area contributed by atoms with Gasteiger partial charge in [-0.25, -0.2) is 0 Å². The number of unbranched alkanes of at least 4 members (excludes halogenated alkanes) is 5. The predicted molar refractivity (Wildman–Crippen MR) is 94.5 cm³/mol. The molecule has 0 fully saturated rings. The molecule has 0 amide bonds. The summed E-state index contributed by atoms with van der Waals surface area (Å²) in [6.07, 6.45) is 10.3. The molecule has 0 saturated heterocycles. The predicted octanol–water partition coefficient (Wildman–Crippen LogP) is 5.82. The molecular weight excluding hydrogens is 268 g/mol. The van der Waals surface area contributed by atoms with Gasteiger partial charge in [-0.2, -0.15) is 0 Å². The van der Waals surface area contributed by atoms with Gasteiger partial charge < -0.3 is 4.74 Å². The number of para-hydroxylation sites is 1. The third-order valence-corrected chi connectivity index (χ3v) is 4.20. The van der Waals surface area contributed by atoms with E-state index in [4.69, 9.17) is 4.74 Å². The first-order chi connectivity index (χ1) is 10.9. The Morgan fingerprint density at radius 1 is 0.636 bits per heavy atom. The van der Waals surface area contributed by atoms with Crippen LogP contribution in [0.15, 0.2) is 54.6 Å². The van der Waals surface area contributed by atoms with Gasteiger partial charge in [-0.15, -0.1) is 0 Å². The van der Waals surface area contributed by atoms with Crippen LogP contribution in [0.5, 0.6) is 5.75 Å². The lowest BCUT2D eigenvalue weighted by Crippen LogP contribution is -1.92. The van der Waals surface area contributed by atoms with Crippen LogP contribution < -0.4 is 4.74 Å². The topological polar surface area (TPSA) is 9.23 Å². The summed E-state index contributed by atoms with van der Waals surface area (Å²) >= 11 is 0. The van der Waals surface area contributed by atoms with Crippen molar-refractivity contribution in [3.8, 4) is 5.75 Å². The molecule has 1 heteroatoms. The van der Waals surface area contributed by atoms with E-state index in [-0.39, 0.29) is 0 Å². The minimum Gasteiger partial charge on any atom is -0.496 e. The lowest BCUT2D eigenvalue weighted by molar-refractivity contribution is 0.408. The van der Waals surface area contributed by atoms with E-state index in [1.807, 2.05) is 6.07 Å². The number of hydrogen-bond acceptors (Lipinski definition) is 1. The van der Waals surface area contributed by atoms with Gasteiger partial charge in [0.1, 0.15) is 5.75 Å². The fraction of sp³-hybridized carbons (Fsp3) is 0.429. The summed E-state index contributed by atoms with van der Waals surface area (Å²) < 4.78 is 5.40. The Bertz CT molecular complexity index is 518. The maximum atomic E-state index is 5.40. The fourth-order valence-corrected chi connectivity index (χ4v) is 2.91. The van der Waals surface area contributed by atoms with Gasteiger partial charge in [0.15, 0.2) is 0 Å². The quantitative estimate of drug-likeness (QED) is 0.502. The summed E-state index contributed by atoms with van der Waals surface area (Å²) in [5.74, 6) is 1.03. The molecule has 2 aromatic rings. The second-order valence-electron chi connectivity index (χ2n) is 5.92. The van der Waals surface area contributed by atoms with Gasteiger partial charge in [-0.3, -0.25) is 0 Å². The number of hydrogen-bond donors (Lipinski definition) is 0. The lowest BCUT2D eigenvalue weighted by Gasteiger charge is -2.07. The van der Waals surface area contributed by atoms with Crippen molar-refractivity contribution in [1.29, 1.82) is 0 Å². The minimum atomic E-state index is 1.03. The molecule has 1 nitrogen and oxygen atoms in total.